The van der Waals surface area contributed by atoms with Crippen molar-refractivity contribution in [2.45, 2.75) is 277 Å². The van der Waals surface area contributed by atoms with E-state index in [-0.39, 0.29) is 13.3 Å². The zero-order chi connectivity index (χ0) is 38.2. The Hall–Kier alpha value is -0.160. The van der Waals surface area contributed by atoms with Crippen molar-refractivity contribution in [1.29, 1.82) is 0 Å². The minimum atomic E-state index is -0.304. The fourth-order valence-corrected chi connectivity index (χ4v) is 8.49. The van der Waals surface area contributed by atoms with Crippen LogP contribution in [0, 0.1) is 0 Å². The van der Waals surface area contributed by atoms with Gasteiger partial charge in [0, 0.05) is 20.8 Å². The molecule has 0 saturated carbocycles. The predicted octanol–water partition coefficient (Wildman–Crippen LogP) is 15.7. The minimum Gasteiger partial charge on any atom is -0.347 e. The van der Waals surface area contributed by atoms with Crippen LogP contribution in [0.1, 0.15) is 266 Å². The van der Waals surface area contributed by atoms with Crippen LogP contribution in [0.5, 0.6) is 0 Å². The number of nitrogens with zero attached hydrogens (tertiary/aromatic N) is 1. The third kappa shape index (κ3) is 33.7. The molecule has 0 amide bonds. The summed E-state index contributed by atoms with van der Waals surface area (Å²) in [4.78, 5) is 2.52. The Labute approximate surface area is 336 Å². The van der Waals surface area contributed by atoms with Crippen molar-refractivity contribution in [3.05, 3.63) is 0 Å². The van der Waals surface area contributed by atoms with Crippen molar-refractivity contribution in [2.24, 2.45) is 0 Å². The Bertz CT molecular complexity index is 673. The molecule has 1 rings (SSSR count). The van der Waals surface area contributed by atoms with Crippen molar-refractivity contribution in [3.8, 4) is 0 Å². The molecule has 1 aliphatic heterocycles. The van der Waals surface area contributed by atoms with Crippen molar-refractivity contribution in [2.75, 3.05) is 39.8 Å². The average molecular weight is 751 g/mol. The van der Waals surface area contributed by atoms with Gasteiger partial charge in [0.1, 0.15) is 0 Å². The maximum atomic E-state index is 6.86. The summed E-state index contributed by atoms with van der Waals surface area (Å²) in [6, 6.07) is 0. The summed E-state index contributed by atoms with van der Waals surface area (Å²) in [7, 11) is 2.29. The van der Waals surface area contributed by atoms with Crippen LogP contribution < -0.4 is 5.32 Å². The molecule has 1 heterocycles. The van der Waals surface area contributed by atoms with E-state index in [1.54, 1.807) is 0 Å². The molecule has 0 aromatic rings. The van der Waals surface area contributed by atoms with E-state index in [1.165, 1.54) is 231 Å². The largest absolute Gasteiger partial charge is 0.347 e. The van der Waals surface area contributed by atoms with Gasteiger partial charge in [-0.25, -0.2) is 0 Å². The smallest absolute Gasteiger partial charge is 0.168 e. The quantitative estimate of drug-likeness (QED) is 0.0629. The van der Waals surface area contributed by atoms with Gasteiger partial charge in [-0.1, -0.05) is 220 Å². The van der Waals surface area contributed by atoms with Crippen molar-refractivity contribution < 1.29 is 10.9 Å². The topological polar surface area (TPSA) is 33.7 Å². The standard InChI is InChI=1S/C49H100N2O2.H2/c1-5-8-10-12-14-16-18-20-22-24-26-28-30-32-34-37-42-49(52-47-48(53-49)41-46-51(4)45-40-36-39-44-50-7-3)43-38-35-33-31-29-27-25-23-21-19-17-15-13-11-9-6-2;/h48,50H,5-47H2,1-4H3;1H. The lowest BCUT2D eigenvalue weighted by Crippen LogP contribution is -2.32. The molecule has 4 heteroatoms. The second-order valence-electron chi connectivity index (χ2n) is 17.6. The lowest BCUT2D eigenvalue weighted by atomic mass is 9.98. The SMILES string of the molecule is CCCCCCCCCCCCCCCCCCC1(CCCCCCCCCCCCCCCCCC)OCC(CCN(C)CCCCCNCC)O1.[HH]. The minimum absolute atomic E-state index is 0. The van der Waals surface area contributed by atoms with Gasteiger partial charge >= 0.3 is 0 Å². The van der Waals surface area contributed by atoms with Gasteiger partial charge in [0.05, 0.1) is 12.7 Å². The highest BCUT2D eigenvalue weighted by atomic mass is 16.7. The second-order valence-corrected chi connectivity index (χ2v) is 17.6. The molecule has 0 spiro atoms. The Kier molecular flexibility index (Phi) is 38.4. The van der Waals surface area contributed by atoms with Gasteiger partial charge in [-0.05, 0) is 58.8 Å². The molecule has 1 atom stereocenters. The summed E-state index contributed by atoms with van der Waals surface area (Å²) in [6.45, 7) is 12.2. The Morgan fingerprint density at radius 1 is 0.472 bits per heavy atom. The number of hydrogen-bond acceptors (Lipinski definition) is 4. The van der Waals surface area contributed by atoms with Crippen LogP contribution in [0.2, 0.25) is 0 Å². The van der Waals surface area contributed by atoms with Crippen LogP contribution in [0.15, 0.2) is 0 Å². The van der Waals surface area contributed by atoms with Gasteiger partial charge in [-0.15, -0.1) is 0 Å². The highest BCUT2D eigenvalue weighted by Gasteiger charge is 2.40. The number of nitrogens with one attached hydrogen (secondary N) is 1. The molecule has 320 valence electrons. The van der Waals surface area contributed by atoms with E-state index in [4.69, 9.17) is 9.47 Å². The van der Waals surface area contributed by atoms with Crippen LogP contribution in [0.25, 0.3) is 0 Å². The fraction of sp³-hybridized carbons (Fsp3) is 1.00. The molecule has 1 fully saturated rings. The molecule has 4 nitrogen and oxygen atoms in total. The van der Waals surface area contributed by atoms with E-state index in [2.05, 4.69) is 38.0 Å². The molecule has 1 N–H and O–H groups in total. The Morgan fingerprint density at radius 2 is 0.830 bits per heavy atom. The van der Waals surface area contributed by atoms with Crippen LogP contribution in [-0.2, 0) is 9.47 Å². The molecule has 0 bridgehead atoms. The summed E-state index contributed by atoms with van der Waals surface area (Å²) in [5.41, 5.74) is 0. The van der Waals surface area contributed by atoms with E-state index >= 15 is 0 Å². The summed E-state index contributed by atoms with van der Waals surface area (Å²) >= 11 is 0. The van der Waals surface area contributed by atoms with Gasteiger partial charge in [0.2, 0.25) is 0 Å². The van der Waals surface area contributed by atoms with Crippen LogP contribution in [0.4, 0.5) is 0 Å². The summed E-state index contributed by atoms with van der Waals surface area (Å²) in [6.07, 6.45) is 53.0. The summed E-state index contributed by atoms with van der Waals surface area (Å²) in [5, 5.41) is 3.45. The molecule has 1 aliphatic rings. The molecule has 0 aliphatic carbocycles. The van der Waals surface area contributed by atoms with Gasteiger partial charge in [0.15, 0.2) is 5.79 Å². The number of unbranched alkanes of at least 4 members (excludes halogenated alkanes) is 32. The normalized spacial score (nSPS) is 15.7. The van der Waals surface area contributed by atoms with Crippen molar-refractivity contribution in [1.82, 2.24) is 10.2 Å². The van der Waals surface area contributed by atoms with E-state index in [1.807, 2.05) is 0 Å². The highest BCUT2D eigenvalue weighted by molar-refractivity contribution is 4.80. The monoisotopic (exact) mass is 751 g/mol. The molecule has 0 aromatic carbocycles. The predicted molar refractivity (Wildman–Crippen MR) is 239 cm³/mol. The van der Waals surface area contributed by atoms with Crippen LogP contribution in [-0.4, -0.2) is 56.6 Å². The third-order valence-electron chi connectivity index (χ3n) is 12.2. The summed E-state index contributed by atoms with van der Waals surface area (Å²) < 4.78 is 13.5. The lowest BCUT2D eigenvalue weighted by Gasteiger charge is -2.29. The maximum Gasteiger partial charge on any atom is 0.168 e. The molecule has 53 heavy (non-hydrogen) atoms. The molecular formula is C49H102N2O2. The zero-order valence-electron chi connectivity index (χ0n) is 37.2. The lowest BCUT2D eigenvalue weighted by molar-refractivity contribution is -0.180. The highest BCUT2D eigenvalue weighted by Crippen LogP contribution is 2.35. The molecule has 1 unspecified atom stereocenters. The first kappa shape index (κ1) is 50.9. The number of hydrogen-bond donors (Lipinski definition) is 1. The van der Waals surface area contributed by atoms with E-state index in [0.29, 0.717) is 0 Å². The molecule has 1 saturated heterocycles. The van der Waals surface area contributed by atoms with E-state index < -0.39 is 0 Å². The van der Waals surface area contributed by atoms with Gasteiger partial charge < -0.3 is 19.7 Å². The van der Waals surface area contributed by atoms with Gasteiger partial charge in [-0.2, -0.15) is 0 Å². The van der Waals surface area contributed by atoms with Crippen molar-refractivity contribution >= 4 is 0 Å². The van der Waals surface area contributed by atoms with Crippen LogP contribution >= 0.6 is 0 Å². The first-order chi connectivity index (χ1) is 26.2. The maximum absolute atomic E-state index is 6.86. The van der Waals surface area contributed by atoms with Crippen LogP contribution in [0.3, 0.4) is 0 Å². The third-order valence-corrected chi connectivity index (χ3v) is 12.2. The number of ether oxygens (including phenoxy) is 2. The molecular weight excluding hydrogens is 649 g/mol. The average Bonchev–Trinajstić information content (AvgIpc) is 3.58. The van der Waals surface area contributed by atoms with Gasteiger partial charge in [-0.3, -0.25) is 0 Å². The summed E-state index contributed by atoms with van der Waals surface area (Å²) in [5.74, 6) is -0.304. The number of rotatable bonds is 44. The zero-order valence-corrected chi connectivity index (χ0v) is 37.2. The molecule has 0 aromatic heterocycles. The molecule has 0 radical (unpaired) electrons. The Balaban J connectivity index is 0.0000281. The fourth-order valence-electron chi connectivity index (χ4n) is 8.49. The first-order valence-electron chi connectivity index (χ1n) is 24.9. The Morgan fingerprint density at radius 3 is 1.21 bits per heavy atom. The van der Waals surface area contributed by atoms with E-state index in [9.17, 15) is 0 Å². The van der Waals surface area contributed by atoms with Crippen molar-refractivity contribution in [3.63, 3.8) is 0 Å². The van der Waals surface area contributed by atoms with E-state index in [0.717, 1.165) is 45.5 Å². The second kappa shape index (κ2) is 40.1. The van der Waals surface area contributed by atoms with Gasteiger partial charge in [0.25, 0.3) is 0 Å². The first-order valence-corrected chi connectivity index (χ1v) is 24.9.